The van der Waals surface area contributed by atoms with Crippen LogP contribution in [0.2, 0.25) is 0 Å². The van der Waals surface area contributed by atoms with Crippen LogP contribution in [0.1, 0.15) is 30.0 Å². The maximum absolute atomic E-state index is 12.4. The Morgan fingerprint density at radius 3 is 2.44 bits per heavy atom. The van der Waals surface area contributed by atoms with E-state index in [9.17, 15) is 4.79 Å². The number of benzene rings is 2. The van der Waals surface area contributed by atoms with Crippen LogP contribution in [0.3, 0.4) is 0 Å². The molecule has 0 fully saturated rings. The van der Waals surface area contributed by atoms with Crippen molar-refractivity contribution in [3.8, 4) is 11.5 Å². The molecule has 4 rings (SSSR count). The Hall–Kier alpha value is -3.21. The third kappa shape index (κ3) is 3.16. The number of ether oxygens (including phenoxy) is 2. The minimum Gasteiger partial charge on any atom is -0.496 e. The van der Waals surface area contributed by atoms with E-state index >= 15 is 0 Å². The van der Waals surface area contributed by atoms with Crippen molar-refractivity contribution in [3.63, 3.8) is 0 Å². The second kappa shape index (κ2) is 7.19. The lowest BCUT2D eigenvalue weighted by Gasteiger charge is -2.28. The largest absolute Gasteiger partial charge is 0.496 e. The van der Waals surface area contributed by atoms with Gasteiger partial charge in [0.2, 0.25) is 0 Å². The van der Waals surface area contributed by atoms with Crippen molar-refractivity contribution in [1.82, 2.24) is 10.6 Å². The van der Waals surface area contributed by atoms with Gasteiger partial charge in [0.25, 0.3) is 0 Å². The number of carbonyl (C=O) groups is 1. The van der Waals surface area contributed by atoms with Crippen molar-refractivity contribution in [3.05, 3.63) is 76.5 Å². The molecule has 2 aromatic rings. The number of rotatable bonds is 4. The van der Waals surface area contributed by atoms with Crippen molar-refractivity contribution in [2.45, 2.75) is 18.9 Å². The van der Waals surface area contributed by atoms with Gasteiger partial charge in [-0.3, -0.25) is 0 Å². The van der Waals surface area contributed by atoms with Crippen LogP contribution in [0.4, 0.5) is 4.79 Å². The van der Waals surface area contributed by atoms with Crippen molar-refractivity contribution in [1.29, 1.82) is 0 Å². The molecule has 0 aromatic heterocycles. The number of hydrogen-bond donors (Lipinski definition) is 2. The summed E-state index contributed by atoms with van der Waals surface area (Å²) in [5, 5.41) is 6.05. The van der Waals surface area contributed by atoms with Gasteiger partial charge in [-0.15, -0.1) is 0 Å². The van der Waals surface area contributed by atoms with E-state index in [2.05, 4.69) is 16.7 Å². The van der Waals surface area contributed by atoms with Gasteiger partial charge < -0.3 is 20.1 Å². The summed E-state index contributed by atoms with van der Waals surface area (Å²) in [7, 11) is 3.32. The third-order valence-corrected chi connectivity index (χ3v) is 5.09. The molecule has 138 valence electrons. The fourth-order valence-electron chi connectivity index (χ4n) is 3.83. The summed E-state index contributed by atoms with van der Waals surface area (Å²) in [5.41, 5.74) is 5.19. The quantitative estimate of drug-likeness (QED) is 0.857. The second-order valence-electron chi connectivity index (χ2n) is 6.59. The first-order chi connectivity index (χ1) is 13.2. The van der Waals surface area contributed by atoms with E-state index in [0.717, 1.165) is 46.7 Å². The third-order valence-electron chi connectivity index (χ3n) is 5.09. The maximum atomic E-state index is 12.4. The highest BCUT2D eigenvalue weighted by atomic mass is 16.5. The summed E-state index contributed by atoms with van der Waals surface area (Å²) in [4.78, 5) is 12.4. The molecule has 5 nitrogen and oxygen atoms in total. The van der Waals surface area contributed by atoms with Crippen LogP contribution in [0.5, 0.6) is 11.5 Å². The Morgan fingerprint density at radius 1 is 0.963 bits per heavy atom. The molecule has 27 heavy (non-hydrogen) atoms. The number of para-hydroxylation sites is 2. The fraction of sp³-hybridized carbons (Fsp3) is 0.227. The van der Waals surface area contributed by atoms with Crippen molar-refractivity contribution >= 4 is 12.1 Å². The van der Waals surface area contributed by atoms with Crippen molar-refractivity contribution in [2.24, 2.45) is 0 Å². The number of methoxy groups -OCH3 is 2. The zero-order valence-electron chi connectivity index (χ0n) is 15.4. The van der Waals surface area contributed by atoms with E-state index in [1.807, 2.05) is 48.5 Å². The first kappa shape index (κ1) is 17.2. The number of urea groups is 1. The van der Waals surface area contributed by atoms with E-state index in [-0.39, 0.29) is 12.1 Å². The number of amides is 2. The zero-order chi connectivity index (χ0) is 18.8. The van der Waals surface area contributed by atoms with Crippen LogP contribution in [0, 0.1) is 0 Å². The summed E-state index contributed by atoms with van der Waals surface area (Å²) in [6, 6.07) is 15.3. The Labute approximate surface area is 158 Å². The lowest BCUT2D eigenvalue weighted by molar-refractivity contribution is 0.238. The zero-order valence-corrected chi connectivity index (χ0v) is 15.4. The normalized spacial score (nSPS) is 20.1. The molecule has 2 aromatic carbocycles. The van der Waals surface area contributed by atoms with Crippen LogP contribution in [-0.2, 0) is 0 Å². The Kier molecular flexibility index (Phi) is 4.59. The summed E-state index contributed by atoms with van der Waals surface area (Å²) in [6.45, 7) is 0. The molecule has 0 spiro atoms. The average Bonchev–Trinajstić information content (AvgIpc) is 3.10. The van der Waals surface area contributed by atoms with Crippen LogP contribution in [0.25, 0.3) is 6.08 Å². The predicted octanol–water partition coefficient (Wildman–Crippen LogP) is 4.19. The predicted molar refractivity (Wildman–Crippen MR) is 105 cm³/mol. The van der Waals surface area contributed by atoms with Gasteiger partial charge in [0, 0.05) is 16.8 Å². The summed E-state index contributed by atoms with van der Waals surface area (Å²) in [5.74, 6) is 1.60. The molecule has 2 amide bonds. The molecule has 1 atom stereocenters. The van der Waals surface area contributed by atoms with E-state index in [0.29, 0.717) is 0 Å². The molecule has 0 radical (unpaired) electrons. The molecule has 1 unspecified atom stereocenters. The number of allylic oxidation sites excluding steroid dienone is 1. The van der Waals surface area contributed by atoms with Gasteiger partial charge >= 0.3 is 6.03 Å². The van der Waals surface area contributed by atoms with Crippen LogP contribution < -0.4 is 20.1 Å². The number of hydrogen-bond acceptors (Lipinski definition) is 3. The molecule has 0 bridgehead atoms. The minimum atomic E-state index is -0.197. The van der Waals surface area contributed by atoms with Gasteiger partial charge in [0.15, 0.2) is 0 Å². The molecule has 1 aliphatic heterocycles. The molecule has 2 aliphatic rings. The topological polar surface area (TPSA) is 59.6 Å². The SMILES string of the molecule is COc1ccccc1/C=C1/CCC2=C1NC(=O)NC2c1ccccc1OC. The molecule has 2 N–H and O–H groups in total. The molecule has 5 heteroatoms. The Balaban J connectivity index is 1.77. The minimum absolute atomic E-state index is 0.187. The van der Waals surface area contributed by atoms with Crippen LogP contribution >= 0.6 is 0 Å². The van der Waals surface area contributed by atoms with E-state index < -0.39 is 0 Å². The Morgan fingerprint density at radius 2 is 1.67 bits per heavy atom. The number of carbonyl (C=O) groups excluding carboxylic acids is 1. The highest BCUT2D eigenvalue weighted by Crippen LogP contribution is 2.42. The van der Waals surface area contributed by atoms with Gasteiger partial charge in [-0.25, -0.2) is 4.79 Å². The average molecular weight is 362 g/mol. The van der Waals surface area contributed by atoms with Gasteiger partial charge in [0.05, 0.1) is 20.3 Å². The molecule has 0 saturated heterocycles. The van der Waals surface area contributed by atoms with E-state index in [1.54, 1.807) is 14.2 Å². The summed E-state index contributed by atoms with van der Waals surface area (Å²) < 4.78 is 11.0. The summed E-state index contributed by atoms with van der Waals surface area (Å²) >= 11 is 0. The lowest BCUT2D eigenvalue weighted by atomic mass is 9.95. The van der Waals surface area contributed by atoms with Crippen LogP contribution in [-0.4, -0.2) is 20.3 Å². The van der Waals surface area contributed by atoms with E-state index in [1.165, 1.54) is 5.57 Å². The molecule has 1 aliphatic carbocycles. The highest BCUT2D eigenvalue weighted by molar-refractivity contribution is 5.82. The molecular formula is C22H22N2O3. The summed E-state index contributed by atoms with van der Waals surface area (Å²) in [6.07, 6.45) is 3.86. The number of nitrogens with one attached hydrogen (secondary N) is 2. The smallest absolute Gasteiger partial charge is 0.319 e. The van der Waals surface area contributed by atoms with Crippen LogP contribution in [0.15, 0.2) is 65.4 Å². The highest BCUT2D eigenvalue weighted by Gasteiger charge is 2.34. The van der Waals surface area contributed by atoms with E-state index in [4.69, 9.17) is 9.47 Å². The first-order valence-corrected chi connectivity index (χ1v) is 8.98. The second-order valence-corrected chi connectivity index (χ2v) is 6.59. The molecule has 0 saturated carbocycles. The Bertz CT molecular complexity index is 946. The standard InChI is InChI=1S/C22H22N2O3/c1-26-18-9-5-3-7-14(18)13-15-11-12-17-20(15)23-22(25)24-21(17)16-8-4-6-10-19(16)27-2/h3-10,13,21H,11-12H2,1-2H3,(H2,23,24,25)/b15-13-. The van der Waals surface area contributed by atoms with Gasteiger partial charge in [-0.1, -0.05) is 36.4 Å². The lowest BCUT2D eigenvalue weighted by Crippen LogP contribution is -2.43. The maximum Gasteiger partial charge on any atom is 0.319 e. The van der Waals surface area contributed by atoms with Crippen molar-refractivity contribution in [2.75, 3.05) is 14.2 Å². The van der Waals surface area contributed by atoms with Crippen molar-refractivity contribution < 1.29 is 14.3 Å². The van der Waals surface area contributed by atoms with Gasteiger partial charge in [-0.2, -0.15) is 0 Å². The van der Waals surface area contributed by atoms with Gasteiger partial charge in [-0.05, 0) is 42.2 Å². The molecular weight excluding hydrogens is 340 g/mol. The van der Waals surface area contributed by atoms with Gasteiger partial charge in [0.1, 0.15) is 11.5 Å². The first-order valence-electron chi connectivity index (χ1n) is 8.98. The fourth-order valence-corrected chi connectivity index (χ4v) is 3.83. The monoisotopic (exact) mass is 362 g/mol. The molecule has 1 heterocycles.